The molecule has 7 nitrogen and oxygen atoms in total. The number of methoxy groups -OCH3 is 1. The number of anilines is 2. The molecular formula is C30H27F3N4O3S. The Bertz CT molecular complexity index is 1520. The second-order valence-corrected chi connectivity index (χ2v) is 10.6. The number of thioether (sulfide) groups is 1. The van der Waals surface area contributed by atoms with Gasteiger partial charge < -0.3 is 20.3 Å². The minimum Gasteiger partial charge on any atom is -0.497 e. The van der Waals surface area contributed by atoms with Gasteiger partial charge in [-0.05, 0) is 79.6 Å². The average molecular weight is 581 g/mol. The second-order valence-electron chi connectivity index (χ2n) is 9.53. The molecule has 212 valence electrons. The topological polar surface area (TPSA) is 83.0 Å². The quantitative estimate of drug-likeness (QED) is 0.338. The summed E-state index contributed by atoms with van der Waals surface area (Å²) >= 11 is 1.63. The first-order valence-electron chi connectivity index (χ1n) is 12.9. The number of nitrogens with zero attached hydrogens (tertiary/aromatic N) is 2. The van der Waals surface area contributed by atoms with Gasteiger partial charge in [0.25, 0.3) is 11.8 Å². The van der Waals surface area contributed by atoms with E-state index in [1.165, 1.54) is 0 Å². The fraction of sp³-hybridized carbons (Fsp3) is 0.233. The molecule has 2 amide bonds. The second kappa shape index (κ2) is 11.7. The van der Waals surface area contributed by atoms with Crippen molar-refractivity contribution in [1.82, 2.24) is 4.90 Å². The molecule has 1 atom stereocenters. The van der Waals surface area contributed by atoms with Crippen molar-refractivity contribution in [2.24, 2.45) is 4.99 Å². The molecule has 0 saturated carbocycles. The summed E-state index contributed by atoms with van der Waals surface area (Å²) in [7, 11) is 1.57. The minimum absolute atomic E-state index is 0.0956. The Morgan fingerprint density at radius 1 is 0.976 bits per heavy atom. The first-order valence-corrected chi connectivity index (χ1v) is 13.9. The Kier molecular flexibility index (Phi) is 8.07. The highest BCUT2D eigenvalue weighted by atomic mass is 32.2. The third-order valence-corrected chi connectivity index (χ3v) is 7.86. The summed E-state index contributed by atoms with van der Waals surface area (Å²) in [5.41, 5.74) is 2.18. The molecule has 2 N–H and O–H groups in total. The van der Waals surface area contributed by atoms with Gasteiger partial charge in [-0.25, -0.2) is 4.99 Å². The Labute approximate surface area is 239 Å². The number of amides is 2. The van der Waals surface area contributed by atoms with E-state index in [2.05, 4.69) is 15.5 Å². The van der Waals surface area contributed by atoms with Crippen LogP contribution >= 0.6 is 11.8 Å². The zero-order chi connectivity index (χ0) is 29.1. The Morgan fingerprint density at radius 3 is 2.37 bits per heavy atom. The lowest BCUT2D eigenvalue weighted by molar-refractivity contribution is -0.137. The molecule has 1 saturated heterocycles. The van der Waals surface area contributed by atoms with Crippen molar-refractivity contribution in [1.29, 1.82) is 0 Å². The van der Waals surface area contributed by atoms with Gasteiger partial charge >= 0.3 is 6.18 Å². The van der Waals surface area contributed by atoms with E-state index in [4.69, 9.17) is 9.73 Å². The van der Waals surface area contributed by atoms with Crippen molar-refractivity contribution in [3.8, 4) is 5.75 Å². The van der Waals surface area contributed by atoms with E-state index in [-0.39, 0.29) is 11.5 Å². The van der Waals surface area contributed by atoms with Gasteiger partial charge in [0.2, 0.25) is 0 Å². The van der Waals surface area contributed by atoms with Gasteiger partial charge in [0.15, 0.2) is 5.17 Å². The lowest BCUT2D eigenvalue weighted by atomic mass is 9.93. The molecule has 2 aliphatic rings. The molecule has 11 heteroatoms. The number of hydrogen-bond donors (Lipinski definition) is 2. The van der Waals surface area contributed by atoms with E-state index in [9.17, 15) is 22.8 Å². The maximum atomic E-state index is 13.7. The molecule has 0 bridgehead atoms. The van der Waals surface area contributed by atoms with Crippen LogP contribution in [0.1, 0.15) is 40.9 Å². The number of allylic oxidation sites excluding steroid dienone is 1. The van der Waals surface area contributed by atoms with E-state index >= 15 is 0 Å². The molecule has 0 aromatic heterocycles. The third-order valence-electron chi connectivity index (χ3n) is 6.79. The molecule has 0 radical (unpaired) electrons. The molecular weight excluding hydrogens is 553 g/mol. The largest absolute Gasteiger partial charge is 0.497 e. The number of ether oxygens (including phenoxy) is 1. The standard InChI is InChI=1S/C30H27F3N4O3S/c1-18-25(28(39)35-22-11-13-24(40-2)14-12-22)26(37-15-4-16-41-29(37)34-18)20-5-3-6-23(17-20)36-27(38)19-7-9-21(10-8-19)30(31,32)33/h3,5-14,17,26H,4,15-16H2,1-2H3,(H,35,39)(H,36,38). The van der Waals surface area contributed by atoms with Crippen LogP contribution in [0, 0.1) is 0 Å². The highest BCUT2D eigenvalue weighted by Gasteiger charge is 2.37. The number of halogens is 3. The van der Waals surface area contributed by atoms with Crippen molar-refractivity contribution in [2.75, 3.05) is 30.0 Å². The van der Waals surface area contributed by atoms with Crippen LogP contribution in [0.4, 0.5) is 24.5 Å². The van der Waals surface area contributed by atoms with Gasteiger partial charge in [0.1, 0.15) is 5.75 Å². The van der Waals surface area contributed by atoms with Gasteiger partial charge in [-0.1, -0.05) is 23.9 Å². The first-order chi connectivity index (χ1) is 19.6. The van der Waals surface area contributed by atoms with Gasteiger partial charge in [-0.2, -0.15) is 13.2 Å². The Morgan fingerprint density at radius 2 is 1.68 bits per heavy atom. The number of rotatable bonds is 6. The molecule has 0 spiro atoms. The van der Waals surface area contributed by atoms with Gasteiger partial charge in [-0.15, -0.1) is 0 Å². The summed E-state index contributed by atoms with van der Waals surface area (Å²) in [6.45, 7) is 2.51. The zero-order valence-electron chi connectivity index (χ0n) is 22.3. The number of carbonyl (C=O) groups is 2. The molecule has 0 aliphatic carbocycles. The summed E-state index contributed by atoms with van der Waals surface area (Å²) in [4.78, 5) is 33.4. The summed E-state index contributed by atoms with van der Waals surface area (Å²) in [6.07, 6.45) is -3.57. The maximum Gasteiger partial charge on any atom is 0.416 e. The van der Waals surface area contributed by atoms with Crippen LogP contribution in [0.25, 0.3) is 0 Å². The number of hydrogen-bond acceptors (Lipinski definition) is 6. The van der Waals surface area contributed by atoms with Crippen LogP contribution in [-0.2, 0) is 11.0 Å². The molecule has 5 rings (SSSR count). The predicted octanol–water partition coefficient (Wildman–Crippen LogP) is 6.73. The van der Waals surface area contributed by atoms with Gasteiger partial charge in [0.05, 0.1) is 30.0 Å². The fourth-order valence-electron chi connectivity index (χ4n) is 4.78. The number of fused-ring (bicyclic) bond motifs is 1. The SMILES string of the molecule is COc1ccc(NC(=O)C2=C(C)N=C3SCCCN3C2c2cccc(NC(=O)c3ccc(C(F)(F)F)cc3)c2)cc1. The molecule has 2 aliphatic heterocycles. The normalized spacial score (nSPS) is 17.0. The van der Waals surface area contributed by atoms with E-state index in [0.29, 0.717) is 34.9 Å². The van der Waals surface area contributed by atoms with Crippen LogP contribution in [0.3, 0.4) is 0 Å². The maximum absolute atomic E-state index is 13.7. The Balaban J connectivity index is 1.43. The minimum atomic E-state index is -4.48. The van der Waals surface area contributed by atoms with Crippen LogP contribution in [-0.4, -0.2) is 41.3 Å². The molecule has 41 heavy (non-hydrogen) atoms. The number of amidine groups is 1. The summed E-state index contributed by atoms with van der Waals surface area (Å²) in [5.74, 6) is 0.754. The smallest absolute Gasteiger partial charge is 0.416 e. The monoisotopic (exact) mass is 580 g/mol. The van der Waals surface area contributed by atoms with Crippen molar-refractivity contribution in [3.63, 3.8) is 0 Å². The average Bonchev–Trinajstić information content (AvgIpc) is 2.96. The van der Waals surface area contributed by atoms with E-state index < -0.39 is 23.7 Å². The number of nitrogens with one attached hydrogen (secondary N) is 2. The first kappa shape index (κ1) is 28.3. The van der Waals surface area contributed by atoms with Gasteiger partial charge in [0, 0.05) is 29.2 Å². The number of aliphatic imine (C=N–C) groups is 1. The van der Waals surface area contributed by atoms with Crippen LogP contribution in [0.2, 0.25) is 0 Å². The van der Waals surface area contributed by atoms with Crippen LogP contribution < -0.4 is 15.4 Å². The molecule has 3 aromatic rings. The lowest BCUT2D eigenvalue weighted by Gasteiger charge is -2.41. The van der Waals surface area contributed by atoms with E-state index in [1.54, 1.807) is 61.3 Å². The summed E-state index contributed by atoms with van der Waals surface area (Å²) < 4.78 is 44.0. The van der Waals surface area contributed by atoms with Crippen molar-refractivity contribution in [2.45, 2.75) is 25.6 Å². The van der Waals surface area contributed by atoms with Crippen molar-refractivity contribution >= 4 is 40.1 Å². The zero-order valence-corrected chi connectivity index (χ0v) is 23.1. The molecule has 2 heterocycles. The molecule has 3 aromatic carbocycles. The van der Waals surface area contributed by atoms with Crippen molar-refractivity contribution < 1.29 is 27.5 Å². The summed E-state index contributed by atoms with van der Waals surface area (Å²) in [6, 6.07) is 17.7. The fourth-order valence-corrected chi connectivity index (χ4v) is 5.80. The third kappa shape index (κ3) is 6.25. The van der Waals surface area contributed by atoms with E-state index in [1.807, 2.05) is 13.0 Å². The molecule has 1 fully saturated rings. The highest BCUT2D eigenvalue weighted by Crippen LogP contribution is 2.40. The number of benzene rings is 3. The molecule has 1 unspecified atom stereocenters. The highest BCUT2D eigenvalue weighted by molar-refractivity contribution is 8.13. The van der Waals surface area contributed by atoms with Crippen LogP contribution in [0.5, 0.6) is 5.75 Å². The van der Waals surface area contributed by atoms with Crippen LogP contribution in [0.15, 0.2) is 89.1 Å². The van der Waals surface area contributed by atoms with Crippen molar-refractivity contribution in [3.05, 3.63) is 101 Å². The lowest BCUT2D eigenvalue weighted by Crippen LogP contribution is -2.43. The number of alkyl halides is 3. The summed E-state index contributed by atoms with van der Waals surface area (Å²) in [5, 5.41) is 6.57. The van der Waals surface area contributed by atoms with E-state index in [0.717, 1.165) is 47.2 Å². The predicted molar refractivity (Wildman–Crippen MR) is 154 cm³/mol. The Hall–Kier alpha value is -4.25. The van der Waals surface area contributed by atoms with Gasteiger partial charge in [-0.3, -0.25) is 9.59 Å². The number of carbonyl (C=O) groups excluding carboxylic acids is 2.